The molecule has 0 saturated carbocycles. The molecular formula is C16H12N6O2S2. The summed E-state index contributed by atoms with van der Waals surface area (Å²) < 4.78 is 1.61. The SMILES string of the molecule is O=C(CSc1nc2c(cnn2-c2ccccc2)c(=O)[nH]1)Cc1nncs1. The fourth-order valence-electron chi connectivity index (χ4n) is 2.37. The van der Waals surface area contributed by atoms with Crippen LogP contribution in [0.15, 0.2) is 52.0 Å². The van der Waals surface area contributed by atoms with Crippen LogP contribution >= 0.6 is 23.1 Å². The third-order valence-electron chi connectivity index (χ3n) is 3.54. The number of carbonyl (C=O) groups excluding carboxylic acids is 1. The lowest BCUT2D eigenvalue weighted by Gasteiger charge is -2.04. The van der Waals surface area contributed by atoms with Crippen LogP contribution in [0.2, 0.25) is 0 Å². The lowest BCUT2D eigenvalue weighted by molar-refractivity contribution is -0.116. The molecule has 0 amide bonds. The monoisotopic (exact) mass is 384 g/mol. The highest BCUT2D eigenvalue weighted by Gasteiger charge is 2.13. The number of hydrogen-bond donors (Lipinski definition) is 1. The number of H-pyrrole nitrogens is 1. The molecule has 0 radical (unpaired) electrons. The zero-order valence-corrected chi connectivity index (χ0v) is 15.0. The largest absolute Gasteiger partial charge is 0.301 e. The number of aromatic amines is 1. The van der Waals surface area contributed by atoms with E-state index in [4.69, 9.17) is 0 Å². The van der Waals surface area contributed by atoms with Crippen LogP contribution in [0.4, 0.5) is 0 Å². The van der Waals surface area contributed by atoms with Gasteiger partial charge in [-0.05, 0) is 12.1 Å². The molecule has 0 aliphatic heterocycles. The van der Waals surface area contributed by atoms with Crippen molar-refractivity contribution in [1.29, 1.82) is 0 Å². The molecule has 0 bridgehead atoms. The summed E-state index contributed by atoms with van der Waals surface area (Å²) >= 11 is 2.53. The van der Waals surface area contributed by atoms with Gasteiger partial charge in [0.25, 0.3) is 5.56 Å². The molecule has 0 aliphatic carbocycles. The summed E-state index contributed by atoms with van der Waals surface area (Å²) in [5.74, 6) is 0.180. The average Bonchev–Trinajstić information content (AvgIpc) is 3.30. The van der Waals surface area contributed by atoms with E-state index < -0.39 is 0 Å². The molecule has 0 spiro atoms. The van der Waals surface area contributed by atoms with Gasteiger partial charge in [-0.3, -0.25) is 9.59 Å². The van der Waals surface area contributed by atoms with Crippen LogP contribution in [-0.4, -0.2) is 41.5 Å². The first kappa shape index (κ1) is 16.6. The number of aromatic nitrogens is 6. The number of nitrogens with one attached hydrogen (secondary N) is 1. The topological polar surface area (TPSA) is 106 Å². The van der Waals surface area contributed by atoms with Gasteiger partial charge in [-0.15, -0.1) is 21.5 Å². The van der Waals surface area contributed by atoms with E-state index in [-0.39, 0.29) is 23.5 Å². The Labute approximate surface area is 155 Å². The number of benzene rings is 1. The minimum absolute atomic E-state index is 0.00828. The maximum absolute atomic E-state index is 12.3. The minimum Gasteiger partial charge on any atom is -0.301 e. The number of carbonyl (C=O) groups is 1. The van der Waals surface area contributed by atoms with Gasteiger partial charge >= 0.3 is 0 Å². The summed E-state index contributed by atoms with van der Waals surface area (Å²) in [5, 5.41) is 13.3. The standard InChI is InChI=1S/C16H12N6O2S2/c23-11(6-13-21-17-9-26-13)8-25-16-19-14-12(15(24)20-16)7-18-22(14)10-4-2-1-3-5-10/h1-5,7,9H,6,8H2,(H,19,20,24). The van der Waals surface area contributed by atoms with E-state index in [1.165, 1.54) is 29.3 Å². The minimum atomic E-state index is -0.281. The number of nitrogens with zero attached hydrogens (tertiary/aromatic N) is 5. The molecule has 1 aromatic carbocycles. The van der Waals surface area contributed by atoms with Crippen molar-refractivity contribution in [1.82, 2.24) is 29.9 Å². The van der Waals surface area contributed by atoms with Gasteiger partial charge in [-0.2, -0.15) is 5.10 Å². The van der Waals surface area contributed by atoms with Crippen molar-refractivity contribution >= 4 is 39.9 Å². The van der Waals surface area contributed by atoms with Gasteiger partial charge in [0, 0.05) is 0 Å². The summed E-state index contributed by atoms with van der Waals surface area (Å²) in [6, 6.07) is 9.44. The number of thioether (sulfide) groups is 1. The lowest BCUT2D eigenvalue weighted by Crippen LogP contribution is -2.11. The summed E-state index contributed by atoms with van der Waals surface area (Å²) in [7, 11) is 0. The molecule has 1 N–H and O–H groups in total. The zero-order chi connectivity index (χ0) is 17.9. The highest BCUT2D eigenvalue weighted by atomic mass is 32.2. The molecule has 0 aliphatic rings. The number of fused-ring (bicyclic) bond motifs is 1. The van der Waals surface area contributed by atoms with E-state index in [1.54, 1.807) is 10.2 Å². The van der Waals surface area contributed by atoms with Crippen LogP contribution < -0.4 is 5.56 Å². The number of para-hydroxylation sites is 1. The predicted molar refractivity (Wildman–Crippen MR) is 98.8 cm³/mol. The van der Waals surface area contributed by atoms with Gasteiger partial charge in [0.05, 0.1) is 24.1 Å². The van der Waals surface area contributed by atoms with Gasteiger partial charge in [0.1, 0.15) is 21.7 Å². The first-order valence-electron chi connectivity index (χ1n) is 7.64. The van der Waals surface area contributed by atoms with Crippen LogP contribution in [0.5, 0.6) is 0 Å². The van der Waals surface area contributed by atoms with Crippen molar-refractivity contribution in [2.24, 2.45) is 0 Å². The van der Waals surface area contributed by atoms with Crippen molar-refractivity contribution in [2.75, 3.05) is 5.75 Å². The normalized spacial score (nSPS) is 11.1. The van der Waals surface area contributed by atoms with E-state index in [9.17, 15) is 9.59 Å². The van der Waals surface area contributed by atoms with E-state index in [1.807, 2.05) is 30.3 Å². The van der Waals surface area contributed by atoms with Crippen molar-refractivity contribution in [3.8, 4) is 5.69 Å². The Morgan fingerprint density at radius 1 is 1.27 bits per heavy atom. The van der Waals surface area contributed by atoms with E-state index in [2.05, 4.69) is 25.3 Å². The maximum Gasteiger partial charge on any atom is 0.262 e. The molecule has 0 atom stereocenters. The summed E-state index contributed by atoms with van der Waals surface area (Å²) in [4.78, 5) is 31.5. The van der Waals surface area contributed by atoms with Crippen molar-refractivity contribution in [3.05, 3.63) is 57.4 Å². The van der Waals surface area contributed by atoms with Gasteiger partial charge < -0.3 is 4.98 Å². The third kappa shape index (κ3) is 3.41. The van der Waals surface area contributed by atoms with Crippen LogP contribution in [-0.2, 0) is 11.2 Å². The van der Waals surface area contributed by atoms with Gasteiger partial charge in [-0.1, -0.05) is 30.0 Å². The third-order valence-corrected chi connectivity index (χ3v) is 5.17. The fourth-order valence-corrected chi connectivity index (χ4v) is 3.64. The van der Waals surface area contributed by atoms with Crippen molar-refractivity contribution in [3.63, 3.8) is 0 Å². The van der Waals surface area contributed by atoms with Crippen LogP contribution in [0.1, 0.15) is 5.01 Å². The van der Waals surface area contributed by atoms with Gasteiger partial charge in [0.15, 0.2) is 10.8 Å². The fraction of sp³-hybridized carbons (Fsp3) is 0.125. The summed E-state index contributed by atoms with van der Waals surface area (Å²) in [6.45, 7) is 0. The van der Waals surface area contributed by atoms with Crippen LogP contribution in [0, 0.1) is 0 Å². The van der Waals surface area contributed by atoms with Crippen molar-refractivity contribution < 1.29 is 4.79 Å². The molecule has 3 heterocycles. The molecule has 26 heavy (non-hydrogen) atoms. The van der Waals surface area contributed by atoms with E-state index in [0.29, 0.717) is 21.2 Å². The molecule has 0 fully saturated rings. The Balaban J connectivity index is 1.58. The molecular weight excluding hydrogens is 372 g/mol. The second-order valence-electron chi connectivity index (χ2n) is 5.34. The maximum atomic E-state index is 12.3. The summed E-state index contributed by atoms with van der Waals surface area (Å²) in [6.07, 6.45) is 1.72. The smallest absolute Gasteiger partial charge is 0.262 e. The molecule has 130 valence electrons. The summed E-state index contributed by atoms with van der Waals surface area (Å²) in [5.41, 5.74) is 2.58. The second kappa shape index (κ2) is 7.18. The Morgan fingerprint density at radius 2 is 2.12 bits per heavy atom. The Morgan fingerprint density at radius 3 is 2.88 bits per heavy atom. The molecule has 10 heteroatoms. The van der Waals surface area contributed by atoms with E-state index in [0.717, 1.165) is 5.69 Å². The Hall–Kier alpha value is -2.85. The lowest BCUT2D eigenvalue weighted by atomic mass is 10.3. The second-order valence-corrected chi connectivity index (χ2v) is 7.22. The molecule has 0 saturated heterocycles. The van der Waals surface area contributed by atoms with Crippen LogP contribution in [0.25, 0.3) is 16.7 Å². The Bertz CT molecular complexity index is 1100. The number of hydrogen-bond acceptors (Lipinski definition) is 8. The average molecular weight is 384 g/mol. The molecule has 4 rings (SSSR count). The first-order valence-corrected chi connectivity index (χ1v) is 9.50. The molecule has 4 aromatic rings. The Kier molecular flexibility index (Phi) is 4.59. The van der Waals surface area contributed by atoms with Gasteiger partial charge in [0.2, 0.25) is 0 Å². The molecule has 0 unspecified atom stereocenters. The predicted octanol–water partition coefficient (Wildman–Crippen LogP) is 1.86. The quantitative estimate of drug-likeness (QED) is 0.399. The van der Waals surface area contributed by atoms with Crippen molar-refractivity contribution in [2.45, 2.75) is 11.6 Å². The first-order chi connectivity index (χ1) is 12.7. The highest BCUT2D eigenvalue weighted by molar-refractivity contribution is 7.99. The van der Waals surface area contributed by atoms with Crippen LogP contribution in [0.3, 0.4) is 0 Å². The van der Waals surface area contributed by atoms with E-state index >= 15 is 0 Å². The number of rotatable bonds is 6. The highest BCUT2D eigenvalue weighted by Crippen LogP contribution is 2.18. The molecule has 8 nitrogen and oxygen atoms in total. The number of Topliss-reactive ketones (excluding diaryl/α,β-unsaturated/α-hetero) is 1. The zero-order valence-electron chi connectivity index (χ0n) is 13.3. The molecule has 3 aromatic heterocycles. The van der Waals surface area contributed by atoms with Gasteiger partial charge in [-0.25, -0.2) is 9.67 Å². The number of ketones is 1.